The van der Waals surface area contributed by atoms with E-state index in [1.807, 2.05) is 0 Å². The number of halogens is 2. The van der Waals surface area contributed by atoms with Crippen molar-refractivity contribution in [1.29, 1.82) is 0 Å². The fourth-order valence-corrected chi connectivity index (χ4v) is 4.30. The summed E-state index contributed by atoms with van der Waals surface area (Å²) < 4.78 is 38.3. The average molecular weight is 509 g/mol. The second kappa shape index (κ2) is 11.3. The normalized spacial score (nSPS) is 11.0. The number of methoxy groups -OCH3 is 1. The molecule has 0 atom stereocenters. The maximum absolute atomic E-state index is 12.6. The smallest absolute Gasteiger partial charge is 0.261 e. The van der Waals surface area contributed by atoms with Crippen LogP contribution in [-0.2, 0) is 14.8 Å². The summed E-state index contributed by atoms with van der Waals surface area (Å²) in [5, 5.41) is 3.09. The third kappa shape index (κ3) is 7.02. The molecule has 0 heterocycles. The van der Waals surface area contributed by atoms with Crippen molar-refractivity contribution < 1.29 is 22.7 Å². The van der Waals surface area contributed by atoms with Crippen molar-refractivity contribution >= 4 is 50.5 Å². The molecule has 7 nitrogen and oxygen atoms in total. The molecule has 10 heteroatoms. The van der Waals surface area contributed by atoms with E-state index in [1.54, 1.807) is 43.5 Å². The number of benzene rings is 3. The van der Waals surface area contributed by atoms with Gasteiger partial charge in [-0.15, -0.1) is 0 Å². The number of carbonyl (C=O) groups excluding carboxylic acids is 1. The van der Waals surface area contributed by atoms with Crippen molar-refractivity contribution in [2.24, 2.45) is 0 Å². The summed E-state index contributed by atoms with van der Waals surface area (Å²) in [6.45, 7) is 0.384. The predicted octanol–water partition coefficient (Wildman–Crippen LogP) is 5.60. The first-order valence-corrected chi connectivity index (χ1v) is 12.2. The zero-order valence-corrected chi connectivity index (χ0v) is 20.0. The topological polar surface area (TPSA) is 93.7 Å². The van der Waals surface area contributed by atoms with Crippen LogP contribution in [0.15, 0.2) is 71.6 Å². The van der Waals surface area contributed by atoms with E-state index in [0.29, 0.717) is 24.5 Å². The molecule has 0 aliphatic carbocycles. The van der Waals surface area contributed by atoms with Crippen molar-refractivity contribution in [2.45, 2.75) is 17.7 Å². The number of hydrogen-bond donors (Lipinski definition) is 2. The van der Waals surface area contributed by atoms with Gasteiger partial charge in [-0.3, -0.25) is 9.52 Å². The highest BCUT2D eigenvalue weighted by Gasteiger charge is 2.17. The van der Waals surface area contributed by atoms with Crippen LogP contribution in [0.25, 0.3) is 0 Å². The molecule has 33 heavy (non-hydrogen) atoms. The third-order valence-electron chi connectivity index (χ3n) is 4.52. The number of ether oxygens (including phenoxy) is 2. The van der Waals surface area contributed by atoms with Crippen LogP contribution in [0.2, 0.25) is 10.0 Å². The number of nitrogens with one attached hydrogen (secondary N) is 2. The van der Waals surface area contributed by atoms with Gasteiger partial charge in [-0.05, 0) is 67.1 Å². The Balaban J connectivity index is 1.49. The predicted molar refractivity (Wildman–Crippen MR) is 130 cm³/mol. The molecule has 3 rings (SSSR count). The number of sulfonamides is 1. The lowest BCUT2D eigenvalue weighted by atomic mass is 10.2. The van der Waals surface area contributed by atoms with Crippen molar-refractivity contribution in [1.82, 2.24) is 0 Å². The molecule has 0 bridgehead atoms. The van der Waals surface area contributed by atoms with Gasteiger partial charge < -0.3 is 14.8 Å². The van der Waals surface area contributed by atoms with E-state index in [9.17, 15) is 13.2 Å². The van der Waals surface area contributed by atoms with Gasteiger partial charge in [-0.25, -0.2) is 8.42 Å². The van der Waals surface area contributed by atoms with Gasteiger partial charge in [0.1, 0.15) is 11.5 Å². The minimum Gasteiger partial charge on any atom is -0.497 e. The van der Waals surface area contributed by atoms with Gasteiger partial charge in [0.15, 0.2) is 0 Å². The zero-order chi connectivity index (χ0) is 23.8. The monoisotopic (exact) mass is 508 g/mol. The Labute approximate surface area is 202 Å². The Morgan fingerprint density at radius 2 is 1.61 bits per heavy atom. The van der Waals surface area contributed by atoms with Gasteiger partial charge >= 0.3 is 0 Å². The molecule has 3 aromatic carbocycles. The molecule has 0 aliphatic heterocycles. The third-order valence-corrected chi connectivity index (χ3v) is 6.72. The number of amides is 1. The molecular formula is C23H22Cl2N2O5S. The van der Waals surface area contributed by atoms with Crippen LogP contribution in [0.5, 0.6) is 11.5 Å². The number of anilines is 2. The number of hydrogen-bond acceptors (Lipinski definition) is 5. The van der Waals surface area contributed by atoms with Crippen LogP contribution in [0.3, 0.4) is 0 Å². The zero-order valence-electron chi connectivity index (χ0n) is 17.7. The summed E-state index contributed by atoms with van der Waals surface area (Å²) in [5.74, 6) is 1.23. The first-order valence-electron chi connectivity index (χ1n) is 9.92. The van der Waals surface area contributed by atoms with Crippen LogP contribution in [0, 0.1) is 0 Å². The van der Waals surface area contributed by atoms with E-state index in [2.05, 4.69) is 10.0 Å². The molecule has 0 radical (unpaired) electrons. The van der Waals surface area contributed by atoms with Crippen molar-refractivity contribution in [3.8, 4) is 11.5 Å². The van der Waals surface area contributed by atoms with E-state index in [4.69, 9.17) is 32.7 Å². The largest absolute Gasteiger partial charge is 0.497 e. The Bertz CT molecular complexity index is 1200. The maximum atomic E-state index is 12.6. The lowest BCUT2D eigenvalue weighted by molar-refractivity contribution is -0.116. The van der Waals surface area contributed by atoms with Gasteiger partial charge in [0, 0.05) is 12.1 Å². The molecule has 0 fully saturated rings. The van der Waals surface area contributed by atoms with Gasteiger partial charge in [0.05, 0.1) is 34.3 Å². The highest BCUT2D eigenvalue weighted by molar-refractivity contribution is 7.92. The summed E-state index contributed by atoms with van der Waals surface area (Å²) in [7, 11) is -2.28. The standard InChI is InChI=1S/C23H22Cl2N2O5S/c1-31-17-9-11-18(12-10-17)32-15-3-6-22(28)26-16-7-13-19(14-8-16)33(29,30)27-21-5-2-4-20(24)23(21)25/h2,4-5,7-14,27H,3,6,15H2,1H3,(H,26,28). The first-order chi connectivity index (χ1) is 15.8. The van der Waals surface area contributed by atoms with Crippen molar-refractivity contribution in [2.75, 3.05) is 23.8 Å². The van der Waals surface area contributed by atoms with E-state index in [-0.39, 0.29) is 33.0 Å². The van der Waals surface area contributed by atoms with Gasteiger partial charge in [0.25, 0.3) is 10.0 Å². The molecular weight excluding hydrogens is 487 g/mol. The summed E-state index contributed by atoms with van der Waals surface area (Å²) >= 11 is 12.0. The summed E-state index contributed by atoms with van der Waals surface area (Å²) in [6.07, 6.45) is 0.777. The molecule has 3 aromatic rings. The van der Waals surface area contributed by atoms with Crippen LogP contribution in [0.4, 0.5) is 11.4 Å². The minimum atomic E-state index is -3.88. The highest BCUT2D eigenvalue weighted by Crippen LogP contribution is 2.31. The highest BCUT2D eigenvalue weighted by atomic mass is 35.5. The van der Waals surface area contributed by atoms with Gasteiger partial charge in [-0.2, -0.15) is 0 Å². The lowest BCUT2D eigenvalue weighted by Gasteiger charge is -2.11. The molecule has 0 unspecified atom stereocenters. The second-order valence-corrected chi connectivity index (χ2v) is 9.37. The Morgan fingerprint density at radius 1 is 0.939 bits per heavy atom. The average Bonchev–Trinajstić information content (AvgIpc) is 2.80. The Hall–Kier alpha value is -2.94. The van der Waals surface area contributed by atoms with Crippen LogP contribution in [0.1, 0.15) is 12.8 Å². The minimum absolute atomic E-state index is 0.0180. The van der Waals surface area contributed by atoms with E-state index in [1.165, 1.54) is 30.3 Å². The fourth-order valence-electron chi connectivity index (χ4n) is 2.82. The molecule has 0 aliphatic rings. The molecule has 0 saturated heterocycles. The molecule has 0 aromatic heterocycles. The van der Waals surface area contributed by atoms with E-state index in [0.717, 1.165) is 5.75 Å². The van der Waals surface area contributed by atoms with Crippen LogP contribution < -0.4 is 19.5 Å². The fraction of sp³-hybridized carbons (Fsp3) is 0.174. The number of carbonyl (C=O) groups is 1. The van der Waals surface area contributed by atoms with E-state index >= 15 is 0 Å². The Morgan fingerprint density at radius 3 is 2.27 bits per heavy atom. The van der Waals surface area contributed by atoms with Crippen molar-refractivity contribution in [3.05, 3.63) is 76.8 Å². The molecule has 2 N–H and O–H groups in total. The van der Waals surface area contributed by atoms with Gasteiger partial charge in [-0.1, -0.05) is 29.3 Å². The summed E-state index contributed by atoms with van der Waals surface area (Å²) in [4.78, 5) is 12.2. The number of rotatable bonds is 10. The van der Waals surface area contributed by atoms with Crippen LogP contribution >= 0.6 is 23.2 Å². The Kier molecular flexibility index (Phi) is 8.43. The summed E-state index contributed by atoms with van der Waals surface area (Å²) in [5.41, 5.74) is 0.661. The quantitative estimate of drug-likeness (QED) is 0.347. The summed E-state index contributed by atoms with van der Waals surface area (Å²) in [6, 6.07) is 17.7. The molecule has 0 saturated carbocycles. The van der Waals surface area contributed by atoms with Gasteiger partial charge in [0.2, 0.25) is 5.91 Å². The second-order valence-electron chi connectivity index (χ2n) is 6.91. The molecule has 174 valence electrons. The maximum Gasteiger partial charge on any atom is 0.261 e. The molecule has 1 amide bonds. The SMILES string of the molecule is COc1ccc(OCCCC(=O)Nc2ccc(S(=O)(=O)Nc3cccc(Cl)c3Cl)cc2)cc1. The van der Waals surface area contributed by atoms with E-state index < -0.39 is 10.0 Å². The first kappa shape index (κ1) is 24.7. The molecule has 0 spiro atoms. The van der Waals surface area contributed by atoms with Crippen LogP contribution in [-0.4, -0.2) is 28.0 Å². The lowest BCUT2D eigenvalue weighted by Crippen LogP contribution is -2.14. The van der Waals surface area contributed by atoms with Crippen molar-refractivity contribution in [3.63, 3.8) is 0 Å².